The number of hydrogen-bond acceptors (Lipinski definition) is 5. The summed E-state index contributed by atoms with van der Waals surface area (Å²) >= 11 is 0. The Hall–Kier alpha value is -1.17. The maximum atomic E-state index is 10.6. The number of aromatic nitrogens is 2. The molecule has 0 bridgehead atoms. The van der Waals surface area contributed by atoms with Crippen molar-refractivity contribution in [2.45, 2.75) is 6.92 Å². The van der Waals surface area contributed by atoms with Crippen LogP contribution in [0.2, 0.25) is 0 Å². The number of rotatable bonds is 2. The average Bonchev–Trinajstić information content (AvgIpc) is 2.64. The van der Waals surface area contributed by atoms with Gasteiger partial charge < -0.3 is 14.3 Å². The SMILES string of the molecule is Cc1ocnc1-c1cccc(C(=O)[O-])n1.[Na+]. The van der Waals surface area contributed by atoms with E-state index in [0.717, 1.165) is 0 Å². The molecule has 5 nitrogen and oxygen atoms in total. The van der Waals surface area contributed by atoms with E-state index >= 15 is 0 Å². The van der Waals surface area contributed by atoms with E-state index in [1.165, 1.54) is 12.5 Å². The van der Waals surface area contributed by atoms with Gasteiger partial charge in [0.2, 0.25) is 0 Å². The van der Waals surface area contributed by atoms with Crippen molar-refractivity contribution in [3.8, 4) is 11.4 Å². The van der Waals surface area contributed by atoms with E-state index < -0.39 is 5.97 Å². The molecule has 16 heavy (non-hydrogen) atoms. The van der Waals surface area contributed by atoms with Crippen LogP contribution < -0.4 is 34.7 Å². The van der Waals surface area contributed by atoms with E-state index in [-0.39, 0.29) is 35.3 Å². The summed E-state index contributed by atoms with van der Waals surface area (Å²) in [5, 5.41) is 10.6. The van der Waals surface area contributed by atoms with Crippen molar-refractivity contribution < 1.29 is 43.9 Å². The van der Waals surface area contributed by atoms with E-state index in [9.17, 15) is 9.90 Å². The Balaban J connectivity index is 0.00000128. The maximum Gasteiger partial charge on any atom is 1.00 e. The third-order valence-electron chi connectivity index (χ3n) is 1.95. The van der Waals surface area contributed by atoms with Crippen molar-refractivity contribution in [1.82, 2.24) is 9.97 Å². The monoisotopic (exact) mass is 226 g/mol. The first-order valence-corrected chi connectivity index (χ1v) is 4.27. The number of carbonyl (C=O) groups is 1. The average molecular weight is 226 g/mol. The number of nitrogens with zero attached hydrogens (tertiary/aromatic N) is 2. The van der Waals surface area contributed by atoms with Crippen LogP contribution in [0.1, 0.15) is 16.2 Å². The fraction of sp³-hybridized carbons (Fsp3) is 0.100. The number of pyridine rings is 1. The first kappa shape index (κ1) is 12.9. The van der Waals surface area contributed by atoms with E-state index in [0.29, 0.717) is 17.1 Å². The molecule has 0 aromatic carbocycles. The number of carboxylic acids is 1. The summed E-state index contributed by atoms with van der Waals surface area (Å²) in [6.45, 7) is 1.73. The van der Waals surface area contributed by atoms with Crippen molar-refractivity contribution in [3.63, 3.8) is 0 Å². The molecule has 2 aromatic rings. The molecule has 0 amide bonds. The van der Waals surface area contributed by atoms with Gasteiger partial charge in [-0.3, -0.25) is 0 Å². The quantitative estimate of drug-likeness (QED) is 0.525. The molecule has 0 fully saturated rings. The fourth-order valence-electron chi connectivity index (χ4n) is 1.23. The van der Waals surface area contributed by atoms with Crippen molar-refractivity contribution in [3.05, 3.63) is 36.0 Å². The van der Waals surface area contributed by atoms with Crippen LogP contribution in [0.4, 0.5) is 0 Å². The molecule has 0 aliphatic rings. The van der Waals surface area contributed by atoms with Crippen LogP contribution in [0.25, 0.3) is 11.4 Å². The second-order valence-corrected chi connectivity index (χ2v) is 2.95. The van der Waals surface area contributed by atoms with Crippen LogP contribution in [0.5, 0.6) is 0 Å². The summed E-state index contributed by atoms with van der Waals surface area (Å²) in [5.74, 6) is -0.712. The molecule has 2 heterocycles. The molecular formula is C10H7N2NaO3. The Bertz CT molecular complexity index is 510. The molecule has 0 radical (unpaired) electrons. The molecule has 76 valence electrons. The Kier molecular flexibility index (Phi) is 4.23. The largest absolute Gasteiger partial charge is 1.00 e. The van der Waals surface area contributed by atoms with Crippen molar-refractivity contribution in [1.29, 1.82) is 0 Å². The third-order valence-corrected chi connectivity index (χ3v) is 1.95. The van der Waals surface area contributed by atoms with Gasteiger partial charge in [-0.25, -0.2) is 9.97 Å². The first-order chi connectivity index (χ1) is 7.18. The second-order valence-electron chi connectivity index (χ2n) is 2.95. The summed E-state index contributed by atoms with van der Waals surface area (Å²) in [6.07, 6.45) is 1.29. The standard InChI is InChI=1S/C10H8N2O3.Na/c1-6-9(11-5-15-6)7-3-2-4-8(12-7)10(13)14;/h2-5H,1H3,(H,13,14);/q;+1/p-1. The molecular weight excluding hydrogens is 219 g/mol. The second kappa shape index (κ2) is 5.25. The maximum absolute atomic E-state index is 10.6. The van der Waals surface area contributed by atoms with Crippen molar-refractivity contribution in [2.24, 2.45) is 0 Å². The van der Waals surface area contributed by atoms with Crippen molar-refractivity contribution in [2.75, 3.05) is 0 Å². The van der Waals surface area contributed by atoms with Crippen LogP contribution >= 0.6 is 0 Å². The van der Waals surface area contributed by atoms with E-state index in [1.807, 2.05) is 0 Å². The summed E-state index contributed by atoms with van der Waals surface area (Å²) in [4.78, 5) is 18.4. The molecule has 0 unspecified atom stereocenters. The smallest absolute Gasteiger partial charge is 0.543 e. The van der Waals surface area contributed by atoms with Gasteiger partial charge in [-0.1, -0.05) is 6.07 Å². The molecule has 2 rings (SSSR count). The molecule has 0 N–H and O–H groups in total. The molecule has 0 atom stereocenters. The summed E-state index contributed by atoms with van der Waals surface area (Å²) in [6, 6.07) is 4.62. The van der Waals surface area contributed by atoms with Gasteiger partial charge in [0.05, 0.1) is 17.4 Å². The summed E-state index contributed by atoms with van der Waals surface area (Å²) in [7, 11) is 0. The number of aromatic carboxylic acids is 1. The Morgan fingerprint density at radius 2 is 2.19 bits per heavy atom. The number of carboxylic acid groups (broad SMARTS) is 1. The minimum atomic E-state index is -1.31. The molecule has 6 heteroatoms. The number of aryl methyl sites for hydroxylation is 1. The van der Waals surface area contributed by atoms with Gasteiger partial charge in [-0.15, -0.1) is 0 Å². The zero-order chi connectivity index (χ0) is 10.8. The minimum absolute atomic E-state index is 0. The summed E-state index contributed by atoms with van der Waals surface area (Å²) in [5.41, 5.74) is 0.885. The zero-order valence-corrected chi connectivity index (χ0v) is 10.9. The van der Waals surface area contributed by atoms with Gasteiger partial charge in [-0.05, 0) is 19.1 Å². The molecule has 0 saturated heterocycles. The molecule has 0 saturated carbocycles. The van der Waals surface area contributed by atoms with E-state index in [4.69, 9.17) is 4.42 Å². The van der Waals surface area contributed by atoms with Gasteiger partial charge in [-0.2, -0.15) is 0 Å². The van der Waals surface area contributed by atoms with Gasteiger partial charge in [0.15, 0.2) is 6.39 Å². The third kappa shape index (κ3) is 2.49. The van der Waals surface area contributed by atoms with Crippen LogP contribution in [-0.4, -0.2) is 15.9 Å². The van der Waals surface area contributed by atoms with Gasteiger partial charge in [0.25, 0.3) is 0 Å². The van der Waals surface area contributed by atoms with Crippen LogP contribution in [0.3, 0.4) is 0 Å². The molecule has 0 aliphatic carbocycles. The van der Waals surface area contributed by atoms with E-state index in [1.54, 1.807) is 19.1 Å². The van der Waals surface area contributed by atoms with Gasteiger partial charge in [0, 0.05) is 0 Å². The normalized spacial score (nSPS) is 9.56. The fourth-order valence-corrected chi connectivity index (χ4v) is 1.23. The first-order valence-electron chi connectivity index (χ1n) is 4.27. The number of hydrogen-bond donors (Lipinski definition) is 0. The molecule has 2 aromatic heterocycles. The molecule has 0 aliphatic heterocycles. The summed E-state index contributed by atoms with van der Waals surface area (Å²) < 4.78 is 5.01. The topological polar surface area (TPSA) is 79.0 Å². The van der Waals surface area contributed by atoms with Gasteiger partial charge in [0.1, 0.15) is 11.5 Å². The van der Waals surface area contributed by atoms with Crippen molar-refractivity contribution >= 4 is 5.97 Å². The Morgan fingerprint density at radius 3 is 2.75 bits per heavy atom. The predicted molar refractivity (Wildman–Crippen MR) is 48.8 cm³/mol. The Labute approximate surface area is 114 Å². The predicted octanol–water partition coefficient (Wildman–Crippen LogP) is -2.59. The molecule has 0 spiro atoms. The number of carbonyl (C=O) groups excluding carboxylic acids is 1. The number of oxazole rings is 1. The van der Waals surface area contributed by atoms with Crippen LogP contribution in [0.15, 0.2) is 29.0 Å². The van der Waals surface area contributed by atoms with Gasteiger partial charge >= 0.3 is 29.6 Å². The zero-order valence-electron chi connectivity index (χ0n) is 8.93. The van der Waals surface area contributed by atoms with E-state index in [2.05, 4.69) is 9.97 Å². The Morgan fingerprint density at radius 1 is 1.44 bits per heavy atom. The minimum Gasteiger partial charge on any atom is -0.543 e. The van der Waals surface area contributed by atoms with Crippen LogP contribution in [0, 0.1) is 6.92 Å². The van der Waals surface area contributed by atoms with Crippen LogP contribution in [-0.2, 0) is 0 Å².